The Kier molecular flexibility index (Phi) is 15.1. The summed E-state index contributed by atoms with van der Waals surface area (Å²) in [6.45, 7) is 5.13. The molecular formula is C19H35N2O8P. The molecule has 0 radical (unpaired) electrons. The van der Waals surface area contributed by atoms with E-state index in [1.807, 2.05) is 0 Å². The van der Waals surface area contributed by atoms with Gasteiger partial charge in [0.2, 0.25) is 11.8 Å². The summed E-state index contributed by atoms with van der Waals surface area (Å²) in [4.78, 5) is 51.3. The molecule has 0 saturated carbocycles. The summed E-state index contributed by atoms with van der Waals surface area (Å²) < 4.78 is 14.8. The summed E-state index contributed by atoms with van der Waals surface area (Å²) in [6, 6.07) is -1.50. The van der Waals surface area contributed by atoms with Crippen LogP contribution in [0.25, 0.3) is 0 Å². The van der Waals surface area contributed by atoms with E-state index >= 15 is 0 Å². The molecule has 1 unspecified atom stereocenters. The number of rotatable bonds is 18. The van der Waals surface area contributed by atoms with Gasteiger partial charge in [0.15, 0.2) is 6.04 Å². The average Bonchev–Trinajstić information content (AvgIpc) is 2.64. The van der Waals surface area contributed by atoms with Crippen LogP contribution < -0.4 is 10.6 Å². The summed E-state index contributed by atoms with van der Waals surface area (Å²) in [5.41, 5.74) is 0.517. The molecule has 30 heavy (non-hydrogen) atoms. The molecule has 1 atom stereocenters. The molecule has 10 nitrogen and oxygen atoms in total. The molecule has 0 aliphatic carbocycles. The molecule has 0 fully saturated rings. The van der Waals surface area contributed by atoms with Crippen LogP contribution in [-0.4, -0.2) is 51.9 Å². The molecular weight excluding hydrogens is 415 g/mol. The van der Waals surface area contributed by atoms with Crippen LogP contribution in [0.5, 0.6) is 0 Å². The second-order valence-electron chi connectivity index (χ2n) is 7.21. The van der Waals surface area contributed by atoms with Crippen molar-refractivity contribution in [3.63, 3.8) is 0 Å². The van der Waals surface area contributed by atoms with Gasteiger partial charge in [0.1, 0.15) is 0 Å². The zero-order valence-corrected chi connectivity index (χ0v) is 18.5. The molecule has 0 saturated heterocycles. The predicted molar refractivity (Wildman–Crippen MR) is 112 cm³/mol. The Hall–Kier alpha value is -1.74. The number of carboxylic acids is 1. The molecule has 0 aromatic carbocycles. The van der Waals surface area contributed by atoms with Crippen molar-refractivity contribution >= 4 is 25.6 Å². The Morgan fingerprint density at radius 3 is 1.93 bits per heavy atom. The summed E-state index contributed by atoms with van der Waals surface area (Å²) in [6.07, 6.45) is 8.98. The van der Waals surface area contributed by atoms with Crippen molar-refractivity contribution in [2.45, 2.75) is 77.2 Å². The molecule has 0 aromatic rings. The van der Waals surface area contributed by atoms with Crippen LogP contribution in [0.3, 0.4) is 0 Å². The third kappa shape index (κ3) is 17.1. The maximum Gasteiger partial charge on any atom is 0.469 e. The van der Waals surface area contributed by atoms with Gasteiger partial charge in [-0.2, -0.15) is 0 Å². The van der Waals surface area contributed by atoms with E-state index in [0.29, 0.717) is 18.5 Å². The lowest BCUT2D eigenvalue weighted by molar-refractivity contribution is -0.142. The average molecular weight is 450 g/mol. The van der Waals surface area contributed by atoms with Gasteiger partial charge in [-0.1, -0.05) is 51.5 Å². The zero-order chi connectivity index (χ0) is 23.0. The fraction of sp³-hybridized carbons (Fsp3) is 0.737. The van der Waals surface area contributed by atoms with Crippen molar-refractivity contribution in [1.29, 1.82) is 0 Å². The number of carboxylic acid groups (broad SMARTS) is 1. The van der Waals surface area contributed by atoms with Crippen LogP contribution in [0.2, 0.25) is 0 Å². The van der Waals surface area contributed by atoms with Gasteiger partial charge in [0, 0.05) is 18.5 Å². The van der Waals surface area contributed by atoms with Crippen LogP contribution in [0.4, 0.5) is 0 Å². The van der Waals surface area contributed by atoms with Gasteiger partial charge in [0.05, 0.1) is 6.61 Å². The Morgan fingerprint density at radius 1 is 0.967 bits per heavy atom. The highest BCUT2D eigenvalue weighted by Gasteiger charge is 2.24. The lowest BCUT2D eigenvalue weighted by atomic mass is 10.1. The topological polar surface area (TPSA) is 162 Å². The lowest BCUT2D eigenvalue weighted by Gasteiger charge is -2.15. The van der Waals surface area contributed by atoms with E-state index in [1.54, 1.807) is 6.92 Å². The number of phosphoric acid groups is 1. The highest BCUT2D eigenvalue weighted by atomic mass is 31.2. The lowest BCUT2D eigenvalue weighted by Crippen LogP contribution is -2.43. The normalized spacial score (nSPS) is 12.2. The third-order valence-corrected chi connectivity index (χ3v) is 4.78. The van der Waals surface area contributed by atoms with Gasteiger partial charge in [-0.15, -0.1) is 0 Å². The largest absolute Gasteiger partial charge is 0.480 e. The second kappa shape index (κ2) is 16.0. The fourth-order valence-corrected chi connectivity index (χ4v) is 2.96. The van der Waals surface area contributed by atoms with Crippen molar-refractivity contribution < 1.29 is 38.4 Å². The van der Waals surface area contributed by atoms with Crippen molar-refractivity contribution in [2.24, 2.45) is 0 Å². The number of unbranched alkanes of at least 4 members (excludes halogenated alkanes) is 8. The van der Waals surface area contributed by atoms with Crippen LogP contribution >= 0.6 is 7.82 Å². The standard InChI is InChI=1S/C19H35N2O8P/c1-15(2)18(23)20-13-11-9-7-5-3-4-6-8-10-12-17(22)21-16(19(24)25)14-29-30(26,27)28/h16H,1,3-14H2,2H3,(H,20,23)(H,21,22)(H,24,25)(H2,26,27,28). The van der Waals surface area contributed by atoms with E-state index in [2.05, 4.69) is 21.7 Å². The van der Waals surface area contributed by atoms with E-state index in [1.165, 1.54) is 0 Å². The molecule has 0 aromatic heterocycles. The van der Waals surface area contributed by atoms with Gasteiger partial charge < -0.3 is 25.5 Å². The van der Waals surface area contributed by atoms with Crippen molar-refractivity contribution in [3.05, 3.63) is 12.2 Å². The van der Waals surface area contributed by atoms with Crippen molar-refractivity contribution in [1.82, 2.24) is 10.6 Å². The van der Waals surface area contributed by atoms with Crippen molar-refractivity contribution in [3.8, 4) is 0 Å². The summed E-state index contributed by atoms with van der Waals surface area (Å²) in [5.74, 6) is -2.01. The Morgan fingerprint density at radius 2 is 1.47 bits per heavy atom. The fourth-order valence-electron chi connectivity index (χ4n) is 2.61. The summed E-state index contributed by atoms with van der Waals surface area (Å²) in [7, 11) is -4.79. The number of aliphatic carboxylic acids is 1. The molecule has 0 aliphatic rings. The summed E-state index contributed by atoms with van der Waals surface area (Å²) >= 11 is 0. The molecule has 2 amide bonds. The molecule has 0 spiro atoms. The number of nitrogens with one attached hydrogen (secondary N) is 2. The first-order chi connectivity index (χ1) is 14.0. The minimum absolute atomic E-state index is 0.100. The number of carbonyl (C=O) groups is 3. The summed E-state index contributed by atoms with van der Waals surface area (Å²) in [5, 5.41) is 14.0. The zero-order valence-electron chi connectivity index (χ0n) is 17.6. The number of amides is 2. The van der Waals surface area contributed by atoms with Crippen molar-refractivity contribution in [2.75, 3.05) is 13.2 Å². The molecule has 11 heteroatoms. The maximum atomic E-state index is 11.8. The molecule has 0 rings (SSSR count). The highest BCUT2D eigenvalue weighted by molar-refractivity contribution is 7.46. The minimum atomic E-state index is -4.79. The van der Waals surface area contributed by atoms with Gasteiger partial charge >= 0.3 is 13.8 Å². The first kappa shape index (κ1) is 28.3. The van der Waals surface area contributed by atoms with Gasteiger partial charge in [0.25, 0.3) is 0 Å². The van der Waals surface area contributed by atoms with Crippen LogP contribution in [-0.2, 0) is 23.5 Å². The quantitative estimate of drug-likeness (QED) is 0.121. The number of hydrogen-bond acceptors (Lipinski definition) is 5. The van der Waals surface area contributed by atoms with Gasteiger partial charge in [-0.25, -0.2) is 9.36 Å². The van der Waals surface area contributed by atoms with Crippen LogP contribution in [0, 0.1) is 0 Å². The Labute approximate surface area is 177 Å². The van der Waals surface area contributed by atoms with Gasteiger partial charge in [-0.3, -0.25) is 14.1 Å². The SMILES string of the molecule is C=C(C)C(=O)NCCCCCCCCCCCC(=O)NC(COP(=O)(O)O)C(=O)O. The van der Waals surface area contributed by atoms with E-state index in [4.69, 9.17) is 14.9 Å². The molecule has 5 N–H and O–H groups in total. The minimum Gasteiger partial charge on any atom is -0.480 e. The second-order valence-corrected chi connectivity index (χ2v) is 8.45. The number of carbonyl (C=O) groups excluding carboxylic acids is 2. The number of phosphoric ester groups is 1. The highest BCUT2D eigenvalue weighted by Crippen LogP contribution is 2.35. The maximum absolute atomic E-state index is 11.8. The first-order valence-electron chi connectivity index (χ1n) is 10.2. The van der Waals surface area contributed by atoms with Gasteiger partial charge in [-0.05, 0) is 19.8 Å². The van der Waals surface area contributed by atoms with E-state index < -0.39 is 32.3 Å². The van der Waals surface area contributed by atoms with Crippen LogP contribution in [0.1, 0.15) is 71.1 Å². The molecule has 0 heterocycles. The van der Waals surface area contributed by atoms with E-state index in [-0.39, 0.29) is 12.3 Å². The Bertz CT molecular complexity index is 605. The first-order valence-corrected chi connectivity index (χ1v) is 11.7. The van der Waals surface area contributed by atoms with E-state index in [9.17, 15) is 18.9 Å². The smallest absolute Gasteiger partial charge is 0.469 e. The number of hydrogen-bond donors (Lipinski definition) is 5. The van der Waals surface area contributed by atoms with Crippen LogP contribution in [0.15, 0.2) is 12.2 Å². The predicted octanol–water partition coefficient (Wildman–Crippen LogP) is 2.26. The molecule has 0 aliphatic heterocycles. The Balaban J connectivity index is 3.63. The molecule has 0 bridgehead atoms. The third-order valence-electron chi connectivity index (χ3n) is 4.30. The van der Waals surface area contributed by atoms with E-state index in [0.717, 1.165) is 51.4 Å². The molecule has 174 valence electrons. The monoisotopic (exact) mass is 450 g/mol.